The zero-order valence-electron chi connectivity index (χ0n) is 7.59. The molecule has 0 atom stereocenters. The third-order valence-electron chi connectivity index (χ3n) is 2.09. The Hall–Kier alpha value is -0.920. The molecule has 0 saturated heterocycles. The van der Waals surface area contributed by atoms with E-state index in [1.807, 2.05) is 42.1 Å². The van der Waals surface area contributed by atoms with E-state index in [0.29, 0.717) is 10.0 Å². The van der Waals surface area contributed by atoms with Gasteiger partial charge in [0.25, 0.3) is 0 Å². The minimum atomic E-state index is 0.660. The molecule has 1 radical (unpaired) electrons. The second-order valence-electron chi connectivity index (χ2n) is 3.03. The summed E-state index contributed by atoms with van der Waals surface area (Å²) >= 11 is 12.2. The van der Waals surface area contributed by atoms with E-state index in [2.05, 4.69) is 6.07 Å². The molecule has 3 heteroatoms. The fourth-order valence-corrected chi connectivity index (χ4v) is 1.98. The molecule has 71 valence electrons. The average Bonchev–Trinajstić information content (AvgIpc) is 2.52. The highest BCUT2D eigenvalue weighted by atomic mass is 35.5. The van der Waals surface area contributed by atoms with Crippen molar-refractivity contribution >= 4 is 23.2 Å². The van der Waals surface area contributed by atoms with E-state index in [-0.39, 0.29) is 0 Å². The average molecular weight is 225 g/mol. The molecule has 0 spiro atoms. The molecular weight excluding hydrogens is 217 g/mol. The van der Waals surface area contributed by atoms with Crippen LogP contribution in [0.4, 0.5) is 0 Å². The number of nitrogens with zero attached hydrogens (tertiary/aromatic N) is 1. The van der Waals surface area contributed by atoms with Crippen molar-refractivity contribution in [2.24, 2.45) is 7.05 Å². The lowest BCUT2D eigenvalue weighted by molar-refractivity contribution is 0.936. The second-order valence-corrected chi connectivity index (χ2v) is 3.85. The highest BCUT2D eigenvalue weighted by molar-refractivity contribution is 6.39. The topological polar surface area (TPSA) is 4.93 Å². The molecule has 0 N–H and O–H groups in total. The van der Waals surface area contributed by atoms with E-state index in [0.717, 1.165) is 11.3 Å². The van der Waals surface area contributed by atoms with Crippen LogP contribution in [0.1, 0.15) is 0 Å². The smallest absolute Gasteiger partial charge is 0.0514 e. The lowest BCUT2D eigenvalue weighted by atomic mass is 10.1. The summed E-state index contributed by atoms with van der Waals surface area (Å²) in [6.07, 6.45) is 1.84. The standard InChI is InChI=1S/C11H8Cl2N/c1-14-7-3-6-10(14)11-8(12)4-2-5-9(11)13/h2,4-7H,1H3. The Kier molecular flexibility index (Phi) is 2.53. The van der Waals surface area contributed by atoms with E-state index in [1.54, 1.807) is 0 Å². The first-order chi connectivity index (χ1) is 6.70. The molecule has 14 heavy (non-hydrogen) atoms. The van der Waals surface area contributed by atoms with Gasteiger partial charge in [-0.2, -0.15) is 0 Å². The Morgan fingerprint density at radius 1 is 1.21 bits per heavy atom. The zero-order chi connectivity index (χ0) is 10.1. The molecule has 0 unspecified atom stereocenters. The van der Waals surface area contributed by atoms with Crippen LogP contribution in [-0.4, -0.2) is 4.57 Å². The van der Waals surface area contributed by atoms with Crippen LogP contribution in [0, 0.1) is 6.07 Å². The minimum Gasteiger partial charge on any atom is -0.350 e. The molecule has 1 aromatic heterocycles. The van der Waals surface area contributed by atoms with E-state index < -0.39 is 0 Å². The van der Waals surface area contributed by atoms with E-state index in [1.165, 1.54) is 0 Å². The van der Waals surface area contributed by atoms with E-state index in [9.17, 15) is 0 Å². The Bertz CT molecular complexity index is 440. The van der Waals surface area contributed by atoms with Crippen LogP contribution in [0.15, 0.2) is 30.5 Å². The zero-order valence-corrected chi connectivity index (χ0v) is 9.10. The van der Waals surface area contributed by atoms with Gasteiger partial charge in [0, 0.05) is 24.9 Å². The molecule has 0 saturated carbocycles. The van der Waals surface area contributed by atoms with Gasteiger partial charge in [-0.15, -0.1) is 0 Å². The van der Waals surface area contributed by atoms with Crippen LogP contribution in [0.3, 0.4) is 0 Å². The Balaban J connectivity index is 2.68. The van der Waals surface area contributed by atoms with Crippen LogP contribution in [0.5, 0.6) is 0 Å². The summed E-state index contributed by atoms with van der Waals surface area (Å²) in [5.74, 6) is 0. The number of aryl methyl sites for hydroxylation is 1. The van der Waals surface area contributed by atoms with Crippen molar-refractivity contribution in [3.8, 4) is 11.3 Å². The highest BCUT2D eigenvalue weighted by Gasteiger charge is 2.09. The van der Waals surface area contributed by atoms with Gasteiger partial charge >= 0.3 is 0 Å². The predicted molar refractivity (Wildman–Crippen MR) is 59.7 cm³/mol. The van der Waals surface area contributed by atoms with Gasteiger partial charge < -0.3 is 4.57 Å². The quantitative estimate of drug-likeness (QED) is 0.695. The Morgan fingerprint density at radius 2 is 1.86 bits per heavy atom. The Labute approximate surface area is 92.9 Å². The maximum atomic E-state index is 6.08. The molecule has 0 aliphatic heterocycles. The molecule has 1 aromatic carbocycles. The van der Waals surface area contributed by atoms with Crippen LogP contribution in [0.25, 0.3) is 11.3 Å². The largest absolute Gasteiger partial charge is 0.350 e. The third-order valence-corrected chi connectivity index (χ3v) is 2.72. The SMILES string of the molecule is Cn1c[c]cc1-c1c(Cl)cccc1Cl. The normalized spacial score (nSPS) is 10.5. The van der Waals surface area contributed by atoms with Crippen molar-refractivity contribution in [1.82, 2.24) is 4.57 Å². The summed E-state index contributed by atoms with van der Waals surface area (Å²) in [6, 6.07) is 10.4. The minimum absolute atomic E-state index is 0.660. The summed E-state index contributed by atoms with van der Waals surface area (Å²) in [5, 5.41) is 1.32. The molecule has 0 aliphatic rings. The first-order valence-corrected chi connectivity index (χ1v) is 4.92. The number of hydrogen-bond donors (Lipinski definition) is 0. The fraction of sp³-hybridized carbons (Fsp3) is 0.0909. The fourth-order valence-electron chi connectivity index (χ4n) is 1.39. The monoisotopic (exact) mass is 224 g/mol. The van der Waals surface area contributed by atoms with Crippen molar-refractivity contribution < 1.29 is 0 Å². The molecule has 0 fully saturated rings. The number of benzene rings is 1. The van der Waals surface area contributed by atoms with E-state index >= 15 is 0 Å². The summed E-state index contributed by atoms with van der Waals surface area (Å²) < 4.78 is 1.94. The van der Waals surface area contributed by atoms with Crippen LogP contribution >= 0.6 is 23.2 Å². The molecule has 2 aromatic rings. The van der Waals surface area contributed by atoms with Crippen molar-refractivity contribution in [2.75, 3.05) is 0 Å². The van der Waals surface area contributed by atoms with Gasteiger partial charge in [0.2, 0.25) is 0 Å². The predicted octanol–water partition coefficient (Wildman–Crippen LogP) is 3.80. The van der Waals surface area contributed by atoms with Crippen molar-refractivity contribution in [3.05, 3.63) is 46.6 Å². The maximum absolute atomic E-state index is 6.08. The van der Waals surface area contributed by atoms with Crippen LogP contribution in [0.2, 0.25) is 10.0 Å². The number of hydrogen-bond acceptors (Lipinski definition) is 0. The van der Waals surface area contributed by atoms with Gasteiger partial charge in [-0.25, -0.2) is 0 Å². The van der Waals surface area contributed by atoms with Gasteiger partial charge in [0.05, 0.1) is 15.7 Å². The summed E-state index contributed by atoms with van der Waals surface area (Å²) in [4.78, 5) is 0. The molecule has 0 bridgehead atoms. The lowest BCUT2D eigenvalue weighted by Crippen LogP contribution is -1.90. The van der Waals surface area contributed by atoms with E-state index in [4.69, 9.17) is 23.2 Å². The summed E-state index contributed by atoms with van der Waals surface area (Å²) in [5.41, 5.74) is 1.83. The second kappa shape index (κ2) is 3.68. The van der Waals surface area contributed by atoms with Gasteiger partial charge in [-0.05, 0) is 18.2 Å². The van der Waals surface area contributed by atoms with Gasteiger partial charge in [0.15, 0.2) is 0 Å². The Morgan fingerprint density at radius 3 is 2.36 bits per heavy atom. The highest BCUT2D eigenvalue weighted by Crippen LogP contribution is 2.34. The van der Waals surface area contributed by atoms with Gasteiger partial charge in [0.1, 0.15) is 0 Å². The van der Waals surface area contributed by atoms with Crippen molar-refractivity contribution in [3.63, 3.8) is 0 Å². The third kappa shape index (κ3) is 1.54. The molecule has 2 rings (SSSR count). The van der Waals surface area contributed by atoms with Crippen LogP contribution in [-0.2, 0) is 7.05 Å². The number of halogens is 2. The first-order valence-electron chi connectivity index (χ1n) is 4.17. The number of aromatic nitrogens is 1. The summed E-state index contributed by atoms with van der Waals surface area (Å²) in [6.45, 7) is 0. The summed E-state index contributed by atoms with van der Waals surface area (Å²) in [7, 11) is 1.94. The number of rotatable bonds is 1. The lowest BCUT2D eigenvalue weighted by Gasteiger charge is -2.07. The maximum Gasteiger partial charge on any atom is 0.0514 e. The molecule has 0 aliphatic carbocycles. The van der Waals surface area contributed by atoms with Gasteiger partial charge in [-0.3, -0.25) is 0 Å². The molecule has 1 nitrogen and oxygen atoms in total. The van der Waals surface area contributed by atoms with Crippen molar-refractivity contribution in [2.45, 2.75) is 0 Å². The molecule has 1 heterocycles. The van der Waals surface area contributed by atoms with Gasteiger partial charge in [-0.1, -0.05) is 29.3 Å². The van der Waals surface area contributed by atoms with Crippen molar-refractivity contribution in [1.29, 1.82) is 0 Å². The molecular formula is C11H8Cl2N. The molecule has 0 amide bonds. The van der Waals surface area contributed by atoms with Crippen LogP contribution < -0.4 is 0 Å². The first kappa shape index (κ1) is 9.63.